The van der Waals surface area contributed by atoms with Gasteiger partial charge in [0.15, 0.2) is 0 Å². The summed E-state index contributed by atoms with van der Waals surface area (Å²) in [5.41, 5.74) is 0.0504. The maximum atomic E-state index is 13.7. The van der Waals surface area contributed by atoms with E-state index >= 15 is 0 Å². The van der Waals surface area contributed by atoms with Crippen LogP contribution >= 0.6 is 27.7 Å². The standard InChI is InChI=1S/C19H13BrF2N2O3S/c20-12-5-6-15(22)13(10-12)17(25)23-7-8-24-18(26)16(28-19(24)27)9-11-3-1-2-4-14(11)21/h1-6,9-10H,7-8H2,(H,23,25)/b16-9-. The van der Waals surface area contributed by atoms with Crippen LogP contribution in [0.3, 0.4) is 0 Å². The Kier molecular flexibility index (Phi) is 6.25. The lowest BCUT2D eigenvalue weighted by Crippen LogP contribution is -2.37. The van der Waals surface area contributed by atoms with Crippen molar-refractivity contribution >= 4 is 50.8 Å². The molecule has 1 aliphatic heterocycles. The van der Waals surface area contributed by atoms with Crippen LogP contribution in [0.1, 0.15) is 15.9 Å². The molecule has 28 heavy (non-hydrogen) atoms. The molecule has 9 heteroatoms. The highest BCUT2D eigenvalue weighted by atomic mass is 79.9. The summed E-state index contributed by atoms with van der Waals surface area (Å²) >= 11 is 3.86. The summed E-state index contributed by atoms with van der Waals surface area (Å²) in [4.78, 5) is 37.6. The molecule has 0 radical (unpaired) electrons. The summed E-state index contributed by atoms with van der Waals surface area (Å²) in [5.74, 6) is -2.41. The Bertz CT molecular complexity index is 997. The van der Waals surface area contributed by atoms with Crippen LogP contribution in [0.5, 0.6) is 0 Å². The number of carbonyl (C=O) groups excluding carboxylic acids is 3. The van der Waals surface area contributed by atoms with E-state index in [1.165, 1.54) is 36.4 Å². The quantitative estimate of drug-likeness (QED) is 0.670. The van der Waals surface area contributed by atoms with E-state index < -0.39 is 28.7 Å². The van der Waals surface area contributed by atoms with E-state index in [-0.39, 0.29) is 29.1 Å². The first-order chi connectivity index (χ1) is 13.4. The number of nitrogens with zero attached hydrogens (tertiary/aromatic N) is 1. The topological polar surface area (TPSA) is 66.5 Å². The molecule has 5 nitrogen and oxygen atoms in total. The Morgan fingerprint density at radius 2 is 1.89 bits per heavy atom. The van der Waals surface area contributed by atoms with E-state index in [1.54, 1.807) is 6.07 Å². The van der Waals surface area contributed by atoms with E-state index in [2.05, 4.69) is 21.2 Å². The van der Waals surface area contributed by atoms with E-state index in [0.717, 1.165) is 11.0 Å². The van der Waals surface area contributed by atoms with Crippen LogP contribution in [0.15, 0.2) is 51.8 Å². The molecule has 0 spiro atoms. The van der Waals surface area contributed by atoms with Gasteiger partial charge in [0.25, 0.3) is 17.1 Å². The van der Waals surface area contributed by atoms with Gasteiger partial charge >= 0.3 is 0 Å². The first-order valence-electron chi connectivity index (χ1n) is 8.10. The second-order valence-electron chi connectivity index (χ2n) is 5.73. The molecular weight excluding hydrogens is 454 g/mol. The number of halogens is 3. The molecule has 144 valence electrons. The number of hydrogen-bond acceptors (Lipinski definition) is 4. The summed E-state index contributed by atoms with van der Waals surface area (Å²) < 4.78 is 28.0. The molecule has 3 rings (SSSR count). The number of benzene rings is 2. The van der Waals surface area contributed by atoms with Crippen molar-refractivity contribution in [2.75, 3.05) is 13.1 Å². The number of hydrogen-bond donors (Lipinski definition) is 1. The average molecular weight is 467 g/mol. The summed E-state index contributed by atoms with van der Waals surface area (Å²) in [5, 5.41) is 1.96. The smallest absolute Gasteiger partial charge is 0.293 e. The number of amides is 3. The van der Waals surface area contributed by atoms with Crippen molar-refractivity contribution in [2.24, 2.45) is 0 Å². The van der Waals surface area contributed by atoms with Crippen LogP contribution in [0.2, 0.25) is 0 Å². The van der Waals surface area contributed by atoms with E-state index in [9.17, 15) is 23.2 Å². The summed E-state index contributed by atoms with van der Waals surface area (Å²) in [6, 6.07) is 9.85. The molecule has 0 aromatic heterocycles. The van der Waals surface area contributed by atoms with Gasteiger partial charge in [-0.05, 0) is 42.1 Å². The zero-order valence-electron chi connectivity index (χ0n) is 14.2. The minimum Gasteiger partial charge on any atom is -0.350 e. The number of thioether (sulfide) groups is 1. The highest BCUT2D eigenvalue weighted by molar-refractivity contribution is 9.10. The van der Waals surface area contributed by atoms with Crippen molar-refractivity contribution in [3.63, 3.8) is 0 Å². The highest BCUT2D eigenvalue weighted by Crippen LogP contribution is 2.32. The molecule has 1 saturated heterocycles. The predicted octanol–water partition coefficient (Wildman–Crippen LogP) is 4.19. The normalized spacial score (nSPS) is 15.4. The molecule has 0 bridgehead atoms. The van der Waals surface area contributed by atoms with Crippen molar-refractivity contribution in [3.05, 3.63) is 74.6 Å². The summed E-state index contributed by atoms with van der Waals surface area (Å²) in [6.45, 7) is -0.129. The Morgan fingerprint density at radius 1 is 1.14 bits per heavy atom. The lowest BCUT2D eigenvalue weighted by molar-refractivity contribution is -0.122. The fourth-order valence-corrected chi connectivity index (χ4v) is 3.69. The third-order valence-electron chi connectivity index (χ3n) is 3.86. The van der Waals surface area contributed by atoms with Gasteiger partial charge in [-0.3, -0.25) is 19.3 Å². The number of nitrogens with one attached hydrogen (secondary N) is 1. The van der Waals surface area contributed by atoms with Crippen molar-refractivity contribution < 1.29 is 23.2 Å². The second-order valence-corrected chi connectivity index (χ2v) is 7.64. The van der Waals surface area contributed by atoms with Gasteiger partial charge in [0, 0.05) is 23.1 Å². The molecule has 2 aromatic rings. The van der Waals surface area contributed by atoms with Gasteiger partial charge in [0.1, 0.15) is 11.6 Å². The molecule has 0 saturated carbocycles. The van der Waals surface area contributed by atoms with Crippen LogP contribution in [-0.2, 0) is 4.79 Å². The number of imide groups is 1. The maximum Gasteiger partial charge on any atom is 0.293 e. The zero-order chi connectivity index (χ0) is 20.3. The van der Waals surface area contributed by atoms with E-state index in [4.69, 9.17) is 0 Å². The number of carbonyl (C=O) groups is 3. The molecule has 0 aliphatic carbocycles. The van der Waals surface area contributed by atoms with Gasteiger partial charge in [0.05, 0.1) is 10.5 Å². The average Bonchev–Trinajstić information content (AvgIpc) is 2.92. The first-order valence-corrected chi connectivity index (χ1v) is 9.71. The van der Waals surface area contributed by atoms with Gasteiger partial charge < -0.3 is 5.32 Å². The fraction of sp³-hybridized carbons (Fsp3) is 0.105. The van der Waals surface area contributed by atoms with Gasteiger partial charge in [0.2, 0.25) is 0 Å². The molecule has 1 heterocycles. The lowest BCUT2D eigenvalue weighted by atomic mass is 10.2. The molecule has 0 atom stereocenters. The predicted molar refractivity (Wildman–Crippen MR) is 106 cm³/mol. The van der Waals surface area contributed by atoms with Crippen LogP contribution in [-0.4, -0.2) is 35.0 Å². The molecule has 1 fully saturated rings. The van der Waals surface area contributed by atoms with Crippen LogP contribution in [0.4, 0.5) is 13.6 Å². The van der Waals surface area contributed by atoms with Crippen molar-refractivity contribution in [1.82, 2.24) is 10.2 Å². The molecule has 3 amide bonds. The molecule has 1 aliphatic rings. The van der Waals surface area contributed by atoms with Crippen molar-refractivity contribution in [3.8, 4) is 0 Å². The minimum absolute atomic E-state index is 0.0458. The first kappa shape index (κ1) is 20.2. The molecular formula is C19H13BrF2N2O3S. The Morgan fingerprint density at radius 3 is 2.64 bits per heavy atom. The summed E-state index contributed by atoms with van der Waals surface area (Å²) in [7, 11) is 0. The van der Waals surface area contributed by atoms with Crippen LogP contribution in [0.25, 0.3) is 6.08 Å². The zero-order valence-corrected chi connectivity index (χ0v) is 16.6. The van der Waals surface area contributed by atoms with Crippen LogP contribution in [0, 0.1) is 11.6 Å². The fourth-order valence-electron chi connectivity index (χ4n) is 2.47. The van der Waals surface area contributed by atoms with Gasteiger partial charge in [-0.1, -0.05) is 34.1 Å². The Labute approximate surface area is 171 Å². The van der Waals surface area contributed by atoms with Crippen LogP contribution < -0.4 is 5.32 Å². The van der Waals surface area contributed by atoms with E-state index in [1.807, 2.05) is 0 Å². The number of rotatable bonds is 5. The van der Waals surface area contributed by atoms with E-state index in [0.29, 0.717) is 16.2 Å². The molecule has 0 unspecified atom stereocenters. The lowest BCUT2D eigenvalue weighted by Gasteiger charge is -2.13. The highest BCUT2D eigenvalue weighted by Gasteiger charge is 2.34. The Balaban J connectivity index is 1.63. The minimum atomic E-state index is -0.681. The second kappa shape index (κ2) is 8.66. The third-order valence-corrected chi connectivity index (χ3v) is 5.26. The largest absolute Gasteiger partial charge is 0.350 e. The maximum absolute atomic E-state index is 13.7. The van der Waals surface area contributed by atoms with Gasteiger partial charge in [-0.15, -0.1) is 0 Å². The SMILES string of the molecule is O=C(NCCN1C(=O)S/C(=C\c2ccccc2F)C1=O)c1cc(Br)ccc1F. The molecule has 1 N–H and O–H groups in total. The Hall–Kier alpha value is -2.52. The molecule has 2 aromatic carbocycles. The summed E-state index contributed by atoms with van der Waals surface area (Å²) in [6.07, 6.45) is 1.32. The van der Waals surface area contributed by atoms with Crippen molar-refractivity contribution in [1.29, 1.82) is 0 Å². The monoisotopic (exact) mass is 466 g/mol. The van der Waals surface area contributed by atoms with Gasteiger partial charge in [-0.2, -0.15) is 0 Å². The van der Waals surface area contributed by atoms with Crippen molar-refractivity contribution in [2.45, 2.75) is 0 Å². The third kappa shape index (κ3) is 4.48. The van der Waals surface area contributed by atoms with Gasteiger partial charge in [-0.25, -0.2) is 8.78 Å².